The molecule has 5 nitrogen and oxygen atoms in total. The maximum absolute atomic E-state index is 13.0. The van der Waals surface area contributed by atoms with Crippen molar-refractivity contribution in [3.63, 3.8) is 0 Å². The molecule has 3 aromatic carbocycles. The van der Waals surface area contributed by atoms with Crippen LogP contribution in [0.4, 0.5) is 5.69 Å². The first-order valence-electron chi connectivity index (χ1n) is 10.2. The molecule has 2 heterocycles. The number of aryl methyl sites for hydroxylation is 1. The van der Waals surface area contributed by atoms with Crippen LogP contribution >= 0.6 is 0 Å². The fraction of sp³-hybridized carbons (Fsp3) is 0.160. The Labute approximate surface area is 174 Å². The van der Waals surface area contributed by atoms with Crippen LogP contribution in [0, 0.1) is 0 Å². The van der Waals surface area contributed by atoms with E-state index in [1.54, 1.807) is 6.07 Å². The number of nitrogens with one attached hydrogen (secondary N) is 1. The van der Waals surface area contributed by atoms with Gasteiger partial charge in [0, 0.05) is 23.2 Å². The van der Waals surface area contributed by atoms with Gasteiger partial charge in [-0.15, -0.1) is 0 Å². The lowest BCUT2D eigenvalue weighted by Gasteiger charge is -2.29. The zero-order valence-corrected chi connectivity index (χ0v) is 16.5. The average Bonchev–Trinajstić information content (AvgIpc) is 2.80. The third-order valence-corrected chi connectivity index (χ3v) is 5.69. The van der Waals surface area contributed by atoms with Gasteiger partial charge in [-0.25, -0.2) is 5.10 Å². The Kier molecular flexibility index (Phi) is 4.64. The fourth-order valence-corrected chi connectivity index (χ4v) is 4.18. The van der Waals surface area contributed by atoms with Gasteiger partial charge in [-0.05, 0) is 36.1 Å². The lowest BCUT2D eigenvalue weighted by Crippen LogP contribution is -2.36. The number of carbonyl (C=O) groups is 1. The summed E-state index contributed by atoms with van der Waals surface area (Å²) in [5.74, 6) is 0.113. The SMILES string of the molecule is O=C(Cc1ccc(-c2n[nH]c(=O)c3ccccc23)cc1)N1CCCc2ccccc21. The number of anilines is 1. The molecule has 1 aromatic heterocycles. The fourth-order valence-electron chi connectivity index (χ4n) is 4.18. The highest BCUT2D eigenvalue weighted by atomic mass is 16.2. The van der Waals surface area contributed by atoms with Crippen molar-refractivity contribution in [2.24, 2.45) is 0 Å². The number of para-hydroxylation sites is 1. The molecule has 0 unspecified atom stereocenters. The van der Waals surface area contributed by atoms with Gasteiger partial charge in [-0.1, -0.05) is 60.7 Å². The summed E-state index contributed by atoms with van der Waals surface area (Å²) in [5.41, 5.74) is 4.67. The van der Waals surface area contributed by atoms with Crippen LogP contribution < -0.4 is 10.5 Å². The molecule has 1 amide bonds. The van der Waals surface area contributed by atoms with Gasteiger partial charge < -0.3 is 4.90 Å². The van der Waals surface area contributed by atoms with E-state index in [4.69, 9.17) is 0 Å². The first-order valence-corrected chi connectivity index (χ1v) is 10.2. The quantitative estimate of drug-likeness (QED) is 0.568. The summed E-state index contributed by atoms with van der Waals surface area (Å²) < 4.78 is 0. The number of nitrogens with zero attached hydrogens (tertiary/aromatic N) is 2. The largest absolute Gasteiger partial charge is 0.312 e. The first kappa shape index (κ1) is 18.3. The molecule has 0 aliphatic carbocycles. The normalized spacial score (nSPS) is 13.3. The van der Waals surface area contributed by atoms with Crippen LogP contribution in [-0.4, -0.2) is 22.6 Å². The van der Waals surface area contributed by atoms with E-state index in [-0.39, 0.29) is 11.5 Å². The maximum Gasteiger partial charge on any atom is 0.272 e. The summed E-state index contributed by atoms with van der Waals surface area (Å²) >= 11 is 0. The number of carbonyl (C=O) groups excluding carboxylic acids is 1. The van der Waals surface area contributed by atoms with Crippen molar-refractivity contribution in [1.29, 1.82) is 0 Å². The van der Waals surface area contributed by atoms with Crippen LogP contribution in [0.1, 0.15) is 17.5 Å². The van der Waals surface area contributed by atoms with Crippen LogP contribution in [0.3, 0.4) is 0 Å². The molecule has 0 fully saturated rings. The molecule has 1 aliphatic rings. The Morgan fingerprint density at radius 2 is 1.67 bits per heavy atom. The van der Waals surface area contributed by atoms with Crippen molar-refractivity contribution in [3.05, 3.63) is 94.3 Å². The summed E-state index contributed by atoms with van der Waals surface area (Å²) in [6.45, 7) is 0.765. The molecule has 0 radical (unpaired) electrons. The number of amides is 1. The molecule has 0 saturated heterocycles. The molecule has 1 N–H and O–H groups in total. The van der Waals surface area contributed by atoms with E-state index in [0.717, 1.165) is 47.3 Å². The number of hydrogen-bond acceptors (Lipinski definition) is 3. The number of aromatic nitrogens is 2. The molecule has 0 atom stereocenters. The van der Waals surface area contributed by atoms with Crippen molar-refractivity contribution in [2.75, 3.05) is 11.4 Å². The third-order valence-electron chi connectivity index (χ3n) is 5.69. The predicted molar refractivity (Wildman–Crippen MR) is 119 cm³/mol. The number of benzene rings is 3. The van der Waals surface area contributed by atoms with E-state index in [1.165, 1.54) is 5.56 Å². The molecule has 148 valence electrons. The van der Waals surface area contributed by atoms with E-state index >= 15 is 0 Å². The van der Waals surface area contributed by atoms with E-state index in [1.807, 2.05) is 65.6 Å². The molecule has 0 saturated carbocycles. The van der Waals surface area contributed by atoms with Crippen molar-refractivity contribution in [2.45, 2.75) is 19.3 Å². The zero-order valence-electron chi connectivity index (χ0n) is 16.5. The zero-order chi connectivity index (χ0) is 20.5. The Balaban J connectivity index is 1.40. The van der Waals surface area contributed by atoms with Crippen molar-refractivity contribution < 1.29 is 4.79 Å². The van der Waals surface area contributed by atoms with E-state index in [0.29, 0.717) is 11.8 Å². The van der Waals surface area contributed by atoms with Gasteiger partial charge in [0.05, 0.1) is 17.5 Å². The molecular weight excluding hydrogens is 374 g/mol. The smallest absolute Gasteiger partial charge is 0.272 e. The third kappa shape index (κ3) is 3.28. The predicted octanol–water partition coefficient (Wildman–Crippen LogP) is 4.11. The molecule has 4 aromatic rings. The highest BCUT2D eigenvalue weighted by Crippen LogP contribution is 2.28. The summed E-state index contributed by atoms with van der Waals surface area (Å²) in [7, 11) is 0. The summed E-state index contributed by atoms with van der Waals surface area (Å²) in [6.07, 6.45) is 2.37. The van der Waals surface area contributed by atoms with Gasteiger partial charge in [0.2, 0.25) is 5.91 Å². The standard InChI is InChI=1S/C25H21N3O2/c29-23(28-15-5-7-18-6-1-4-10-22(18)28)16-17-11-13-19(14-12-17)24-20-8-2-3-9-21(20)25(30)27-26-24/h1-4,6,8-14H,5,7,15-16H2,(H,27,30). The van der Waals surface area contributed by atoms with Crippen molar-refractivity contribution >= 4 is 22.4 Å². The van der Waals surface area contributed by atoms with E-state index in [9.17, 15) is 9.59 Å². The van der Waals surface area contributed by atoms with Crippen LogP contribution in [-0.2, 0) is 17.6 Å². The Hall–Kier alpha value is -3.73. The van der Waals surface area contributed by atoms with E-state index < -0.39 is 0 Å². The lowest BCUT2D eigenvalue weighted by molar-refractivity contribution is -0.118. The Bertz CT molecular complexity index is 1290. The topological polar surface area (TPSA) is 66.1 Å². The first-order chi connectivity index (χ1) is 14.7. The van der Waals surface area contributed by atoms with Gasteiger partial charge >= 0.3 is 0 Å². The molecule has 0 spiro atoms. The number of hydrogen-bond donors (Lipinski definition) is 1. The highest BCUT2D eigenvalue weighted by molar-refractivity contribution is 5.96. The minimum absolute atomic E-state index is 0.113. The number of aromatic amines is 1. The number of rotatable bonds is 3. The van der Waals surface area contributed by atoms with Crippen molar-refractivity contribution in [1.82, 2.24) is 10.2 Å². The number of H-pyrrole nitrogens is 1. The molecular formula is C25H21N3O2. The highest BCUT2D eigenvalue weighted by Gasteiger charge is 2.22. The second-order valence-corrected chi connectivity index (χ2v) is 7.60. The molecule has 5 rings (SSSR count). The molecule has 5 heteroatoms. The second-order valence-electron chi connectivity index (χ2n) is 7.60. The monoisotopic (exact) mass is 395 g/mol. The minimum Gasteiger partial charge on any atom is -0.312 e. The summed E-state index contributed by atoms with van der Waals surface area (Å²) in [4.78, 5) is 26.9. The lowest BCUT2D eigenvalue weighted by atomic mass is 10.00. The Morgan fingerprint density at radius 3 is 2.50 bits per heavy atom. The van der Waals surface area contributed by atoms with Gasteiger partial charge in [0.25, 0.3) is 5.56 Å². The summed E-state index contributed by atoms with van der Waals surface area (Å²) in [6, 6.07) is 23.4. The van der Waals surface area contributed by atoms with Gasteiger partial charge in [0.1, 0.15) is 0 Å². The summed E-state index contributed by atoms with van der Waals surface area (Å²) in [5, 5.41) is 8.26. The Morgan fingerprint density at radius 1 is 0.933 bits per heavy atom. The molecule has 0 bridgehead atoms. The minimum atomic E-state index is -0.196. The molecule has 30 heavy (non-hydrogen) atoms. The van der Waals surface area contributed by atoms with E-state index in [2.05, 4.69) is 16.3 Å². The van der Waals surface area contributed by atoms with Crippen LogP contribution in [0.5, 0.6) is 0 Å². The van der Waals surface area contributed by atoms with Gasteiger partial charge in [-0.2, -0.15) is 5.10 Å². The van der Waals surface area contributed by atoms with Crippen LogP contribution in [0.2, 0.25) is 0 Å². The number of fused-ring (bicyclic) bond motifs is 2. The molecule has 1 aliphatic heterocycles. The second kappa shape index (κ2) is 7.59. The maximum atomic E-state index is 13.0. The average molecular weight is 395 g/mol. The van der Waals surface area contributed by atoms with Crippen molar-refractivity contribution in [3.8, 4) is 11.3 Å². The van der Waals surface area contributed by atoms with Gasteiger partial charge in [0.15, 0.2) is 0 Å². The van der Waals surface area contributed by atoms with Gasteiger partial charge in [-0.3, -0.25) is 9.59 Å². The van der Waals surface area contributed by atoms with Crippen LogP contribution in [0.25, 0.3) is 22.0 Å². The van der Waals surface area contributed by atoms with Crippen LogP contribution in [0.15, 0.2) is 77.6 Å².